The van der Waals surface area contributed by atoms with Crippen LogP contribution in [0.15, 0.2) is 11.1 Å². The lowest BCUT2D eigenvalue weighted by Crippen LogP contribution is -2.37. The Morgan fingerprint density at radius 1 is 1.54 bits per heavy atom. The summed E-state index contributed by atoms with van der Waals surface area (Å²) in [7, 11) is 0. The minimum absolute atomic E-state index is 0.0802. The molecule has 0 aromatic rings. The molecular formula is C10H16O3. The molecule has 0 saturated carbocycles. The molecule has 0 spiro atoms. The van der Waals surface area contributed by atoms with Gasteiger partial charge in [0, 0.05) is 6.42 Å². The molecular weight excluding hydrogens is 168 g/mol. The number of carbonyl (C=O) groups is 1. The van der Waals surface area contributed by atoms with Gasteiger partial charge in [0.05, 0.1) is 6.61 Å². The van der Waals surface area contributed by atoms with Gasteiger partial charge < -0.3 is 10.2 Å². The maximum Gasteiger partial charge on any atom is 0.166 e. The summed E-state index contributed by atoms with van der Waals surface area (Å²) in [6.45, 7) is 5.44. The maximum absolute atomic E-state index is 11.3. The zero-order valence-electron chi connectivity index (χ0n) is 8.29. The monoisotopic (exact) mass is 184 g/mol. The Balaban J connectivity index is 3.16. The van der Waals surface area contributed by atoms with Crippen LogP contribution in [0.25, 0.3) is 0 Å². The zero-order valence-corrected chi connectivity index (χ0v) is 8.29. The van der Waals surface area contributed by atoms with Crippen LogP contribution in [0.3, 0.4) is 0 Å². The smallest absolute Gasteiger partial charge is 0.166 e. The second-order valence-corrected chi connectivity index (χ2v) is 4.25. The number of aliphatic hydroxyl groups is 2. The van der Waals surface area contributed by atoms with Crippen LogP contribution in [0.5, 0.6) is 0 Å². The number of ketones is 1. The maximum atomic E-state index is 11.3. The molecule has 2 N–H and O–H groups in total. The van der Waals surface area contributed by atoms with E-state index in [1.165, 1.54) is 0 Å². The van der Waals surface area contributed by atoms with Crippen LogP contribution in [0.2, 0.25) is 0 Å². The van der Waals surface area contributed by atoms with Crippen molar-refractivity contribution in [3.63, 3.8) is 0 Å². The first kappa shape index (κ1) is 10.4. The van der Waals surface area contributed by atoms with Gasteiger partial charge >= 0.3 is 0 Å². The van der Waals surface area contributed by atoms with Gasteiger partial charge in [0.2, 0.25) is 0 Å². The molecule has 74 valence electrons. The standard InChI is InChI=1S/C10H16O3/c1-6-7(5-11)10(2,3)4-8(12)9(6)13/h9,11,13H,4-5H2,1-3H3/t9-/m1/s1. The highest BCUT2D eigenvalue weighted by atomic mass is 16.3. The van der Waals surface area contributed by atoms with E-state index < -0.39 is 6.10 Å². The molecule has 0 radical (unpaired) electrons. The number of Topliss-reactive ketones (excluding diaryl/α,β-unsaturated/α-hetero) is 1. The lowest BCUT2D eigenvalue weighted by Gasteiger charge is -2.34. The molecule has 0 bridgehead atoms. The van der Waals surface area contributed by atoms with Crippen molar-refractivity contribution < 1.29 is 15.0 Å². The fraction of sp³-hybridized carbons (Fsp3) is 0.700. The van der Waals surface area contributed by atoms with Crippen LogP contribution in [-0.2, 0) is 4.79 Å². The van der Waals surface area contributed by atoms with E-state index in [0.717, 1.165) is 5.57 Å². The van der Waals surface area contributed by atoms with Gasteiger partial charge in [-0.15, -0.1) is 0 Å². The molecule has 0 saturated heterocycles. The van der Waals surface area contributed by atoms with E-state index in [2.05, 4.69) is 0 Å². The first-order chi connectivity index (χ1) is 5.90. The normalized spacial score (nSPS) is 28.1. The Labute approximate surface area is 78.1 Å². The number of carbonyl (C=O) groups excluding carboxylic acids is 1. The lowest BCUT2D eigenvalue weighted by molar-refractivity contribution is -0.128. The van der Waals surface area contributed by atoms with Gasteiger partial charge in [-0.3, -0.25) is 4.79 Å². The summed E-state index contributed by atoms with van der Waals surface area (Å²) in [5, 5.41) is 18.6. The Morgan fingerprint density at radius 3 is 2.54 bits per heavy atom. The predicted octanol–water partition coefficient (Wildman–Crippen LogP) is 0.655. The Bertz CT molecular complexity index is 263. The van der Waals surface area contributed by atoms with E-state index >= 15 is 0 Å². The van der Waals surface area contributed by atoms with E-state index in [9.17, 15) is 9.90 Å². The van der Waals surface area contributed by atoms with Gasteiger partial charge in [0.15, 0.2) is 5.78 Å². The van der Waals surface area contributed by atoms with Crippen molar-refractivity contribution in [3.05, 3.63) is 11.1 Å². The number of rotatable bonds is 1. The summed E-state index contributed by atoms with van der Waals surface area (Å²) >= 11 is 0. The molecule has 1 rings (SSSR count). The number of aliphatic hydroxyl groups excluding tert-OH is 2. The molecule has 0 fully saturated rings. The van der Waals surface area contributed by atoms with Gasteiger partial charge in [-0.1, -0.05) is 13.8 Å². The molecule has 0 aromatic heterocycles. The highest BCUT2D eigenvalue weighted by Crippen LogP contribution is 2.38. The highest BCUT2D eigenvalue weighted by molar-refractivity contribution is 5.88. The highest BCUT2D eigenvalue weighted by Gasteiger charge is 2.37. The van der Waals surface area contributed by atoms with Crippen LogP contribution in [0.4, 0.5) is 0 Å². The summed E-state index contributed by atoms with van der Waals surface area (Å²) in [6.07, 6.45) is -0.698. The molecule has 0 heterocycles. The first-order valence-corrected chi connectivity index (χ1v) is 4.42. The molecule has 0 aromatic carbocycles. The summed E-state index contributed by atoms with van der Waals surface area (Å²) in [4.78, 5) is 11.3. The van der Waals surface area contributed by atoms with E-state index in [4.69, 9.17) is 5.11 Å². The molecule has 0 aliphatic heterocycles. The summed E-state index contributed by atoms with van der Waals surface area (Å²) in [5.41, 5.74) is 1.10. The average molecular weight is 184 g/mol. The Kier molecular flexibility index (Phi) is 2.59. The van der Waals surface area contributed by atoms with Crippen LogP contribution in [0, 0.1) is 5.41 Å². The van der Waals surface area contributed by atoms with Crippen molar-refractivity contribution in [2.24, 2.45) is 5.41 Å². The van der Waals surface area contributed by atoms with E-state index in [1.807, 2.05) is 13.8 Å². The molecule has 3 heteroatoms. The minimum Gasteiger partial charge on any atom is -0.392 e. The van der Waals surface area contributed by atoms with Crippen molar-refractivity contribution in [3.8, 4) is 0 Å². The van der Waals surface area contributed by atoms with Gasteiger partial charge in [-0.2, -0.15) is 0 Å². The molecule has 0 amide bonds. The third-order valence-corrected chi connectivity index (χ3v) is 2.78. The second-order valence-electron chi connectivity index (χ2n) is 4.25. The van der Waals surface area contributed by atoms with Crippen molar-refractivity contribution in [2.75, 3.05) is 6.61 Å². The predicted molar refractivity (Wildman–Crippen MR) is 49.2 cm³/mol. The van der Waals surface area contributed by atoms with Gasteiger partial charge in [0.25, 0.3) is 0 Å². The Morgan fingerprint density at radius 2 is 2.08 bits per heavy atom. The summed E-state index contributed by atoms with van der Waals surface area (Å²) < 4.78 is 0. The second kappa shape index (κ2) is 3.24. The van der Waals surface area contributed by atoms with E-state index in [-0.39, 0.29) is 17.8 Å². The molecule has 3 nitrogen and oxygen atoms in total. The molecule has 0 unspecified atom stereocenters. The molecule has 1 aliphatic rings. The largest absolute Gasteiger partial charge is 0.392 e. The van der Waals surface area contributed by atoms with Crippen LogP contribution in [0.1, 0.15) is 27.2 Å². The van der Waals surface area contributed by atoms with Gasteiger partial charge in [-0.05, 0) is 23.5 Å². The van der Waals surface area contributed by atoms with Crippen molar-refractivity contribution in [2.45, 2.75) is 33.3 Å². The van der Waals surface area contributed by atoms with Crippen LogP contribution >= 0.6 is 0 Å². The van der Waals surface area contributed by atoms with Gasteiger partial charge in [-0.25, -0.2) is 0 Å². The molecule has 1 aliphatic carbocycles. The fourth-order valence-corrected chi connectivity index (χ4v) is 1.92. The minimum atomic E-state index is -1.00. The summed E-state index contributed by atoms with van der Waals surface area (Å²) in [6, 6.07) is 0. The third-order valence-electron chi connectivity index (χ3n) is 2.78. The SMILES string of the molecule is CC1=C(CO)C(C)(C)CC(=O)[C@@H]1O. The topological polar surface area (TPSA) is 57.5 Å². The first-order valence-electron chi connectivity index (χ1n) is 4.42. The fourth-order valence-electron chi connectivity index (χ4n) is 1.92. The van der Waals surface area contributed by atoms with E-state index in [0.29, 0.717) is 12.0 Å². The summed E-state index contributed by atoms with van der Waals surface area (Å²) in [5.74, 6) is -0.153. The quantitative estimate of drug-likeness (QED) is 0.588. The van der Waals surface area contributed by atoms with Gasteiger partial charge in [0.1, 0.15) is 6.10 Å². The van der Waals surface area contributed by atoms with Crippen molar-refractivity contribution in [1.82, 2.24) is 0 Å². The Hall–Kier alpha value is -0.670. The lowest BCUT2D eigenvalue weighted by atomic mass is 9.71. The zero-order chi connectivity index (χ0) is 10.2. The average Bonchev–Trinajstić information content (AvgIpc) is 2.00. The van der Waals surface area contributed by atoms with Crippen LogP contribution < -0.4 is 0 Å². The number of hydrogen-bond donors (Lipinski definition) is 2. The van der Waals surface area contributed by atoms with Crippen molar-refractivity contribution in [1.29, 1.82) is 0 Å². The molecule has 1 atom stereocenters. The van der Waals surface area contributed by atoms with Crippen LogP contribution in [-0.4, -0.2) is 28.7 Å². The van der Waals surface area contributed by atoms with Crippen molar-refractivity contribution >= 4 is 5.78 Å². The third kappa shape index (κ3) is 1.67. The molecule has 13 heavy (non-hydrogen) atoms. The van der Waals surface area contributed by atoms with E-state index in [1.54, 1.807) is 6.92 Å². The number of hydrogen-bond acceptors (Lipinski definition) is 3.